The van der Waals surface area contributed by atoms with Crippen molar-refractivity contribution in [3.63, 3.8) is 0 Å². The first kappa shape index (κ1) is 10.8. The predicted molar refractivity (Wildman–Crippen MR) is 57.7 cm³/mol. The maximum Gasteiger partial charge on any atom is 0.118 e. The Morgan fingerprint density at radius 2 is 2.07 bits per heavy atom. The van der Waals surface area contributed by atoms with Crippen LogP contribution in [-0.2, 0) is 10.8 Å². The van der Waals surface area contributed by atoms with Gasteiger partial charge >= 0.3 is 0 Å². The van der Waals surface area contributed by atoms with Crippen molar-refractivity contribution in [1.29, 1.82) is 0 Å². The largest absolute Gasteiger partial charge is 0.497 e. The van der Waals surface area contributed by atoms with Gasteiger partial charge in [-0.3, -0.25) is 4.21 Å². The van der Waals surface area contributed by atoms with Gasteiger partial charge in [0.15, 0.2) is 0 Å². The summed E-state index contributed by atoms with van der Waals surface area (Å²) >= 11 is 0. The minimum atomic E-state index is -0.992. The lowest BCUT2D eigenvalue weighted by atomic mass is 10.3. The molecule has 0 N–H and O–H groups in total. The van der Waals surface area contributed by atoms with Crippen LogP contribution in [0.3, 0.4) is 0 Å². The van der Waals surface area contributed by atoms with Gasteiger partial charge in [0.05, 0.1) is 17.9 Å². The molecule has 3 heteroatoms. The predicted octanol–water partition coefficient (Wildman–Crippen LogP) is 1.83. The zero-order valence-corrected chi connectivity index (χ0v) is 8.84. The van der Waals surface area contributed by atoms with Crippen LogP contribution < -0.4 is 4.74 Å². The van der Waals surface area contributed by atoms with E-state index < -0.39 is 10.8 Å². The molecule has 1 aromatic rings. The highest BCUT2D eigenvalue weighted by Gasteiger charge is 2.02. The van der Waals surface area contributed by atoms with E-state index in [1.807, 2.05) is 0 Å². The number of ether oxygens (including phenoxy) is 1. The molecule has 0 aliphatic rings. The van der Waals surface area contributed by atoms with Crippen molar-refractivity contribution in [2.24, 2.45) is 0 Å². The van der Waals surface area contributed by atoms with Crippen LogP contribution in [0.1, 0.15) is 6.42 Å². The van der Waals surface area contributed by atoms with Crippen LogP contribution in [0, 0.1) is 12.3 Å². The molecule has 1 atom stereocenters. The number of terminal acetylenes is 1. The number of rotatable bonds is 4. The van der Waals surface area contributed by atoms with Crippen molar-refractivity contribution < 1.29 is 8.95 Å². The molecule has 0 bridgehead atoms. The monoisotopic (exact) mass is 208 g/mol. The number of benzene rings is 1. The highest BCUT2D eigenvalue weighted by Crippen LogP contribution is 2.14. The third-order valence-electron chi connectivity index (χ3n) is 1.75. The molecule has 0 spiro atoms. The van der Waals surface area contributed by atoms with Crippen LogP contribution in [0.2, 0.25) is 0 Å². The Morgan fingerprint density at radius 3 is 2.57 bits per heavy atom. The summed E-state index contributed by atoms with van der Waals surface area (Å²) in [5.41, 5.74) is 0. The Balaban J connectivity index is 2.67. The molecule has 0 aromatic heterocycles. The topological polar surface area (TPSA) is 26.3 Å². The molecule has 0 saturated carbocycles. The first-order valence-electron chi connectivity index (χ1n) is 4.24. The minimum absolute atomic E-state index is 0.517. The van der Waals surface area contributed by atoms with Crippen molar-refractivity contribution in [1.82, 2.24) is 0 Å². The molecule has 2 nitrogen and oxygen atoms in total. The first-order valence-corrected chi connectivity index (χ1v) is 5.55. The highest BCUT2D eigenvalue weighted by molar-refractivity contribution is 7.85. The molecule has 1 unspecified atom stereocenters. The average Bonchev–Trinajstić information content (AvgIpc) is 2.26. The zero-order valence-electron chi connectivity index (χ0n) is 8.03. The Hall–Kier alpha value is -1.27. The van der Waals surface area contributed by atoms with Crippen LogP contribution in [0.4, 0.5) is 0 Å². The third kappa shape index (κ3) is 2.90. The van der Waals surface area contributed by atoms with Gasteiger partial charge in [0.2, 0.25) is 0 Å². The maximum absolute atomic E-state index is 11.6. The molecule has 0 heterocycles. The van der Waals surface area contributed by atoms with E-state index in [0.29, 0.717) is 12.2 Å². The van der Waals surface area contributed by atoms with E-state index in [2.05, 4.69) is 5.92 Å². The third-order valence-corrected chi connectivity index (χ3v) is 3.13. The summed E-state index contributed by atoms with van der Waals surface area (Å²) in [6, 6.07) is 7.18. The fourth-order valence-electron chi connectivity index (χ4n) is 0.997. The molecule has 14 heavy (non-hydrogen) atoms. The van der Waals surface area contributed by atoms with Gasteiger partial charge in [-0.05, 0) is 24.3 Å². The molecule has 74 valence electrons. The molecule has 0 radical (unpaired) electrons. The molecular formula is C11H12O2S. The van der Waals surface area contributed by atoms with Gasteiger partial charge in [0.1, 0.15) is 5.75 Å². The van der Waals surface area contributed by atoms with Gasteiger partial charge in [-0.25, -0.2) is 0 Å². The summed E-state index contributed by atoms with van der Waals surface area (Å²) in [6.07, 6.45) is 5.64. The SMILES string of the molecule is C#CCCS(=O)c1ccc(OC)cc1. The van der Waals surface area contributed by atoms with Crippen molar-refractivity contribution in [2.75, 3.05) is 12.9 Å². The van der Waals surface area contributed by atoms with E-state index in [0.717, 1.165) is 10.6 Å². The lowest BCUT2D eigenvalue weighted by Crippen LogP contribution is -1.96. The second-order valence-corrected chi connectivity index (χ2v) is 4.25. The molecule has 1 aromatic carbocycles. The fourth-order valence-corrected chi connectivity index (χ4v) is 1.98. The van der Waals surface area contributed by atoms with Crippen molar-refractivity contribution in [2.45, 2.75) is 11.3 Å². The molecular weight excluding hydrogens is 196 g/mol. The fraction of sp³-hybridized carbons (Fsp3) is 0.273. The van der Waals surface area contributed by atoms with Gasteiger partial charge in [-0.1, -0.05) is 0 Å². The highest BCUT2D eigenvalue weighted by atomic mass is 32.2. The van der Waals surface area contributed by atoms with Gasteiger partial charge in [0.25, 0.3) is 0 Å². The van der Waals surface area contributed by atoms with E-state index in [1.165, 1.54) is 0 Å². The van der Waals surface area contributed by atoms with E-state index in [9.17, 15) is 4.21 Å². The first-order chi connectivity index (χ1) is 6.77. The van der Waals surface area contributed by atoms with Crippen LogP contribution in [0.5, 0.6) is 5.75 Å². The summed E-state index contributed by atoms with van der Waals surface area (Å²) in [5, 5.41) is 0. The molecule has 0 amide bonds. The van der Waals surface area contributed by atoms with E-state index in [4.69, 9.17) is 11.2 Å². The van der Waals surface area contributed by atoms with Crippen LogP contribution in [0.15, 0.2) is 29.2 Å². The summed E-state index contributed by atoms with van der Waals surface area (Å²) < 4.78 is 16.6. The Morgan fingerprint density at radius 1 is 1.43 bits per heavy atom. The van der Waals surface area contributed by atoms with Crippen molar-refractivity contribution in [3.8, 4) is 18.1 Å². The van der Waals surface area contributed by atoms with Crippen LogP contribution in [-0.4, -0.2) is 17.1 Å². The molecule has 0 saturated heterocycles. The van der Waals surface area contributed by atoms with Crippen LogP contribution >= 0.6 is 0 Å². The lowest BCUT2D eigenvalue weighted by molar-refractivity contribution is 0.414. The Kier molecular flexibility index (Phi) is 4.21. The summed E-state index contributed by atoms with van der Waals surface area (Å²) in [7, 11) is 0.610. The second kappa shape index (κ2) is 5.46. The Labute approximate surface area is 86.7 Å². The number of hydrogen-bond acceptors (Lipinski definition) is 2. The normalized spacial score (nSPS) is 11.7. The summed E-state index contributed by atoms with van der Waals surface area (Å²) in [4.78, 5) is 0.793. The quantitative estimate of drug-likeness (QED) is 0.706. The van der Waals surface area contributed by atoms with E-state index in [-0.39, 0.29) is 0 Å². The number of hydrogen-bond donors (Lipinski definition) is 0. The van der Waals surface area contributed by atoms with E-state index >= 15 is 0 Å². The van der Waals surface area contributed by atoms with Gasteiger partial charge in [0, 0.05) is 17.1 Å². The van der Waals surface area contributed by atoms with Crippen LogP contribution in [0.25, 0.3) is 0 Å². The molecule has 0 fully saturated rings. The van der Waals surface area contributed by atoms with Gasteiger partial charge in [-0.15, -0.1) is 12.3 Å². The standard InChI is InChI=1S/C11H12O2S/c1-3-4-9-14(12)11-7-5-10(13-2)6-8-11/h1,5-8H,4,9H2,2H3. The minimum Gasteiger partial charge on any atom is -0.497 e. The van der Waals surface area contributed by atoms with Gasteiger partial charge in [-0.2, -0.15) is 0 Å². The molecule has 1 rings (SSSR count). The average molecular weight is 208 g/mol. The smallest absolute Gasteiger partial charge is 0.118 e. The lowest BCUT2D eigenvalue weighted by Gasteiger charge is -2.02. The number of methoxy groups -OCH3 is 1. The van der Waals surface area contributed by atoms with Crippen molar-refractivity contribution in [3.05, 3.63) is 24.3 Å². The summed E-state index contributed by atoms with van der Waals surface area (Å²) in [5.74, 6) is 3.76. The molecule has 0 aliphatic heterocycles. The second-order valence-electron chi connectivity index (χ2n) is 2.68. The van der Waals surface area contributed by atoms with Crippen molar-refractivity contribution >= 4 is 10.8 Å². The zero-order chi connectivity index (χ0) is 10.4. The van der Waals surface area contributed by atoms with E-state index in [1.54, 1.807) is 31.4 Å². The summed E-state index contributed by atoms with van der Waals surface area (Å²) in [6.45, 7) is 0. The van der Waals surface area contributed by atoms with Gasteiger partial charge < -0.3 is 4.74 Å². The molecule has 0 aliphatic carbocycles. The maximum atomic E-state index is 11.6. The Bertz CT molecular complexity index is 349.